The molecular weight excluding hydrogens is 258 g/mol. The number of carbonyl (C=O) groups is 2. The van der Waals surface area contributed by atoms with Crippen LogP contribution < -0.4 is 0 Å². The van der Waals surface area contributed by atoms with Gasteiger partial charge in [-0.25, -0.2) is 4.79 Å². The van der Waals surface area contributed by atoms with Crippen molar-refractivity contribution in [3.8, 4) is 0 Å². The van der Waals surface area contributed by atoms with Gasteiger partial charge in [-0.05, 0) is 37.5 Å². The van der Waals surface area contributed by atoms with Gasteiger partial charge in [-0.3, -0.25) is 4.79 Å². The summed E-state index contributed by atoms with van der Waals surface area (Å²) < 4.78 is 5.38. The summed E-state index contributed by atoms with van der Waals surface area (Å²) in [5.41, 5.74) is 0.202. The van der Waals surface area contributed by atoms with Crippen LogP contribution in [0.1, 0.15) is 52.4 Å². The normalized spacial score (nSPS) is 34.2. The number of rotatable bonds is 4. The van der Waals surface area contributed by atoms with E-state index in [1.54, 1.807) is 0 Å². The Hall–Kier alpha value is -1.10. The average molecular weight is 283 g/mol. The van der Waals surface area contributed by atoms with E-state index in [1.165, 1.54) is 0 Å². The van der Waals surface area contributed by atoms with Crippen LogP contribution in [0.4, 0.5) is 0 Å². The molecule has 2 aliphatic rings. The lowest BCUT2D eigenvalue weighted by atomic mass is 9.78. The number of ether oxygens (including phenoxy) is 1. The molecule has 0 aromatic rings. The van der Waals surface area contributed by atoms with Crippen LogP contribution in [0.25, 0.3) is 0 Å². The molecule has 0 bridgehead atoms. The highest BCUT2D eigenvalue weighted by Gasteiger charge is 2.39. The second-order valence-electron chi connectivity index (χ2n) is 6.45. The van der Waals surface area contributed by atoms with Crippen molar-refractivity contribution in [3.63, 3.8) is 0 Å². The fraction of sp³-hybridized carbons (Fsp3) is 0.867. The summed E-state index contributed by atoms with van der Waals surface area (Å²) in [6, 6.07) is 0. The Labute approximate surface area is 120 Å². The van der Waals surface area contributed by atoms with E-state index in [-0.39, 0.29) is 11.3 Å². The summed E-state index contributed by atoms with van der Waals surface area (Å²) in [6.45, 7) is 5.96. The molecule has 1 unspecified atom stereocenters. The van der Waals surface area contributed by atoms with Crippen molar-refractivity contribution in [2.75, 3.05) is 13.1 Å². The molecule has 0 aromatic carbocycles. The molecule has 0 saturated carbocycles. The van der Waals surface area contributed by atoms with Gasteiger partial charge in [0.15, 0.2) is 6.10 Å². The first-order valence-corrected chi connectivity index (χ1v) is 7.62. The minimum atomic E-state index is -0.963. The van der Waals surface area contributed by atoms with Crippen molar-refractivity contribution < 1.29 is 19.4 Å². The highest BCUT2D eigenvalue weighted by molar-refractivity contribution is 5.82. The topological polar surface area (TPSA) is 66.8 Å². The maximum absolute atomic E-state index is 12.5. The molecule has 2 fully saturated rings. The molecule has 2 aliphatic heterocycles. The SMILES string of the molecule is CCCC1(C)CCCN(C(=O)[C@@H]2CC[C@H](C(=O)O)O2)C1. The zero-order valence-corrected chi connectivity index (χ0v) is 12.4. The molecule has 0 radical (unpaired) electrons. The fourth-order valence-electron chi connectivity index (χ4n) is 3.52. The van der Waals surface area contributed by atoms with E-state index in [4.69, 9.17) is 9.84 Å². The predicted molar refractivity (Wildman–Crippen MR) is 74.4 cm³/mol. The molecule has 114 valence electrons. The number of hydrogen-bond donors (Lipinski definition) is 1. The monoisotopic (exact) mass is 283 g/mol. The third-order valence-corrected chi connectivity index (χ3v) is 4.52. The third-order valence-electron chi connectivity index (χ3n) is 4.52. The average Bonchev–Trinajstić information content (AvgIpc) is 2.87. The van der Waals surface area contributed by atoms with Crippen molar-refractivity contribution in [1.29, 1.82) is 0 Å². The Bertz CT molecular complexity index is 380. The van der Waals surface area contributed by atoms with Gasteiger partial charge in [0.05, 0.1) is 0 Å². The molecule has 0 aliphatic carbocycles. The number of carboxylic acid groups (broad SMARTS) is 1. The largest absolute Gasteiger partial charge is 0.479 e. The van der Waals surface area contributed by atoms with Crippen LogP contribution in [0.5, 0.6) is 0 Å². The van der Waals surface area contributed by atoms with E-state index in [0.717, 1.165) is 38.8 Å². The summed E-state index contributed by atoms with van der Waals surface area (Å²) in [7, 11) is 0. The summed E-state index contributed by atoms with van der Waals surface area (Å²) in [4.78, 5) is 25.2. The number of nitrogens with zero attached hydrogens (tertiary/aromatic N) is 1. The summed E-state index contributed by atoms with van der Waals surface area (Å²) >= 11 is 0. The Balaban J connectivity index is 1.94. The number of amides is 1. The zero-order valence-electron chi connectivity index (χ0n) is 12.4. The van der Waals surface area contributed by atoms with Gasteiger partial charge in [0.1, 0.15) is 6.10 Å². The molecule has 3 atom stereocenters. The second kappa shape index (κ2) is 6.12. The highest BCUT2D eigenvalue weighted by Crippen LogP contribution is 2.35. The summed E-state index contributed by atoms with van der Waals surface area (Å²) in [6.07, 6.45) is 4.03. The molecule has 1 N–H and O–H groups in total. The van der Waals surface area contributed by atoms with Gasteiger partial charge in [-0.2, -0.15) is 0 Å². The van der Waals surface area contributed by atoms with Crippen molar-refractivity contribution in [2.24, 2.45) is 5.41 Å². The van der Waals surface area contributed by atoms with E-state index in [0.29, 0.717) is 12.8 Å². The molecule has 5 nitrogen and oxygen atoms in total. The summed E-state index contributed by atoms with van der Waals surface area (Å²) in [5, 5.41) is 8.93. The van der Waals surface area contributed by atoms with Gasteiger partial charge >= 0.3 is 5.97 Å². The first-order valence-electron chi connectivity index (χ1n) is 7.62. The molecule has 0 spiro atoms. The van der Waals surface area contributed by atoms with Crippen LogP contribution in [-0.4, -0.2) is 47.2 Å². The minimum Gasteiger partial charge on any atom is -0.479 e. The Morgan fingerprint density at radius 3 is 2.65 bits per heavy atom. The van der Waals surface area contributed by atoms with Gasteiger partial charge < -0.3 is 14.7 Å². The van der Waals surface area contributed by atoms with Crippen LogP contribution in [0.15, 0.2) is 0 Å². The number of likely N-dealkylation sites (tertiary alicyclic amines) is 1. The zero-order chi connectivity index (χ0) is 14.8. The lowest BCUT2D eigenvalue weighted by Crippen LogP contribution is -2.48. The van der Waals surface area contributed by atoms with Crippen LogP contribution in [-0.2, 0) is 14.3 Å². The van der Waals surface area contributed by atoms with Gasteiger partial charge in [0.2, 0.25) is 0 Å². The van der Waals surface area contributed by atoms with Crippen LogP contribution >= 0.6 is 0 Å². The number of aliphatic carboxylic acids is 1. The highest BCUT2D eigenvalue weighted by atomic mass is 16.5. The fourth-order valence-corrected chi connectivity index (χ4v) is 3.52. The second-order valence-corrected chi connectivity index (χ2v) is 6.45. The van der Waals surface area contributed by atoms with Crippen LogP contribution in [0.2, 0.25) is 0 Å². The predicted octanol–water partition coefficient (Wildman–Crippen LogP) is 2.05. The third kappa shape index (κ3) is 3.32. The van der Waals surface area contributed by atoms with Crippen molar-refractivity contribution in [1.82, 2.24) is 4.90 Å². The molecule has 2 heterocycles. The maximum Gasteiger partial charge on any atom is 0.332 e. The Morgan fingerprint density at radius 1 is 1.35 bits per heavy atom. The van der Waals surface area contributed by atoms with Gasteiger partial charge in [-0.15, -0.1) is 0 Å². The lowest BCUT2D eigenvalue weighted by molar-refractivity contribution is -0.156. The quantitative estimate of drug-likeness (QED) is 0.857. The Morgan fingerprint density at radius 2 is 2.05 bits per heavy atom. The molecule has 20 heavy (non-hydrogen) atoms. The van der Waals surface area contributed by atoms with Crippen LogP contribution in [0.3, 0.4) is 0 Å². The van der Waals surface area contributed by atoms with Crippen molar-refractivity contribution in [2.45, 2.75) is 64.6 Å². The van der Waals surface area contributed by atoms with E-state index >= 15 is 0 Å². The number of carbonyl (C=O) groups excluding carboxylic acids is 1. The van der Waals surface area contributed by atoms with Gasteiger partial charge in [-0.1, -0.05) is 20.3 Å². The van der Waals surface area contributed by atoms with E-state index in [2.05, 4.69) is 13.8 Å². The number of piperidine rings is 1. The lowest BCUT2D eigenvalue weighted by Gasteiger charge is -2.41. The first kappa shape index (κ1) is 15.3. The van der Waals surface area contributed by atoms with E-state index in [9.17, 15) is 9.59 Å². The number of carboxylic acids is 1. The van der Waals surface area contributed by atoms with Crippen molar-refractivity contribution >= 4 is 11.9 Å². The maximum atomic E-state index is 12.5. The standard InChI is InChI=1S/C15H25NO4/c1-3-7-15(2)8-4-9-16(10-15)13(17)11-5-6-12(20-11)14(18)19/h11-12H,3-10H2,1-2H3,(H,18,19)/t11-,12+,15?/m0/s1. The molecule has 0 aromatic heterocycles. The molecular formula is C15H25NO4. The van der Waals surface area contributed by atoms with Crippen LogP contribution in [0, 0.1) is 5.41 Å². The molecule has 1 amide bonds. The smallest absolute Gasteiger partial charge is 0.332 e. The first-order chi connectivity index (χ1) is 9.45. The van der Waals surface area contributed by atoms with E-state index < -0.39 is 18.2 Å². The van der Waals surface area contributed by atoms with Crippen molar-refractivity contribution in [3.05, 3.63) is 0 Å². The molecule has 5 heteroatoms. The minimum absolute atomic E-state index is 0.0178. The molecule has 2 saturated heterocycles. The molecule has 2 rings (SSSR count). The Kier molecular flexibility index (Phi) is 4.68. The van der Waals surface area contributed by atoms with Gasteiger partial charge in [0.25, 0.3) is 5.91 Å². The summed E-state index contributed by atoms with van der Waals surface area (Å²) in [5.74, 6) is -0.981. The number of hydrogen-bond acceptors (Lipinski definition) is 3. The van der Waals surface area contributed by atoms with Gasteiger partial charge in [0, 0.05) is 13.1 Å². The van der Waals surface area contributed by atoms with E-state index in [1.807, 2.05) is 4.90 Å².